The summed E-state index contributed by atoms with van der Waals surface area (Å²) < 4.78 is 0. The fourth-order valence-electron chi connectivity index (χ4n) is 2.45. The number of carbonyl (C=O) groups is 2. The summed E-state index contributed by atoms with van der Waals surface area (Å²) in [5.41, 5.74) is 5.27. The van der Waals surface area contributed by atoms with Crippen LogP contribution in [0.3, 0.4) is 0 Å². The number of rotatable bonds is 7. The van der Waals surface area contributed by atoms with E-state index in [1.54, 1.807) is 0 Å². The highest BCUT2D eigenvalue weighted by Gasteiger charge is 2.25. The second-order valence-electron chi connectivity index (χ2n) is 5.22. The zero-order valence-corrected chi connectivity index (χ0v) is 11.5. The molecule has 2 N–H and O–H groups in total. The molecule has 1 fully saturated rings. The monoisotopic (exact) mass is 254 g/mol. The first-order valence-electron chi connectivity index (χ1n) is 7.22. The molecule has 4 heteroatoms. The largest absolute Gasteiger partial charge is 0.369 e. The molecule has 0 spiro atoms. The standard InChI is InChI=1S/C14H26N2O2/c1-2-3-4-5-6-7-13(17)16-10-8-12(9-11-16)14(15)18/h12H,2-11H2,1H3,(H2,15,18). The number of piperidine rings is 1. The molecule has 0 saturated carbocycles. The third-order valence-electron chi connectivity index (χ3n) is 3.74. The smallest absolute Gasteiger partial charge is 0.222 e. The van der Waals surface area contributed by atoms with Gasteiger partial charge in [-0.15, -0.1) is 0 Å². The number of unbranched alkanes of at least 4 members (excludes halogenated alkanes) is 4. The van der Waals surface area contributed by atoms with E-state index in [0.717, 1.165) is 25.7 Å². The average molecular weight is 254 g/mol. The number of carbonyl (C=O) groups excluding carboxylic acids is 2. The summed E-state index contributed by atoms with van der Waals surface area (Å²) in [7, 11) is 0. The third kappa shape index (κ3) is 5.07. The lowest BCUT2D eigenvalue weighted by atomic mass is 9.96. The van der Waals surface area contributed by atoms with Gasteiger partial charge < -0.3 is 10.6 Å². The van der Waals surface area contributed by atoms with E-state index < -0.39 is 0 Å². The van der Waals surface area contributed by atoms with Gasteiger partial charge in [0.25, 0.3) is 0 Å². The predicted molar refractivity (Wildman–Crippen MR) is 71.9 cm³/mol. The molecule has 1 rings (SSSR count). The van der Waals surface area contributed by atoms with Crippen molar-refractivity contribution in [1.82, 2.24) is 4.90 Å². The molecule has 0 atom stereocenters. The molecule has 1 aliphatic rings. The molecule has 2 amide bonds. The molecular weight excluding hydrogens is 228 g/mol. The minimum atomic E-state index is -0.221. The number of hydrogen-bond acceptors (Lipinski definition) is 2. The summed E-state index contributed by atoms with van der Waals surface area (Å²) in [6.45, 7) is 3.58. The maximum atomic E-state index is 11.9. The number of likely N-dealkylation sites (tertiary alicyclic amines) is 1. The summed E-state index contributed by atoms with van der Waals surface area (Å²) in [4.78, 5) is 24.8. The van der Waals surface area contributed by atoms with Crippen LogP contribution in [0.4, 0.5) is 0 Å². The average Bonchev–Trinajstić information content (AvgIpc) is 2.38. The van der Waals surface area contributed by atoms with Crippen molar-refractivity contribution in [2.45, 2.75) is 58.3 Å². The topological polar surface area (TPSA) is 63.4 Å². The first-order valence-corrected chi connectivity index (χ1v) is 7.22. The molecule has 0 aromatic rings. The third-order valence-corrected chi connectivity index (χ3v) is 3.74. The lowest BCUT2D eigenvalue weighted by Crippen LogP contribution is -2.41. The number of nitrogens with two attached hydrogens (primary N) is 1. The van der Waals surface area contributed by atoms with Gasteiger partial charge in [-0.2, -0.15) is 0 Å². The lowest BCUT2D eigenvalue weighted by Gasteiger charge is -2.30. The van der Waals surface area contributed by atoms with E-state index in [2.05, 4.69) is 6.92 Å². The highest BCUT2D eigenvalue weighted by atomic mass is 16.2. The van der Waals surface area contributed by atoms with Gasteiger partial charge in [-0.05, 0) is 19.3 Å². The van der Waals surface area contributed by atoms with Crippen LogP contribution in [0.25, 0.3) is 0 Å². The summed E-state index contributed by atoms with van der Waals surface area (Å²) in [6, 6.07) is 0. The van der Waals surface area contributed by atoms with Gasteiger partial charge in [0.2, 0.25) is 11.8 Å². The molecule has 0 aromatic heterocycles. The van der Waals surface area contributed by atoms with Crippen LogP contribution in [0, 0.1) is 5.92 Å². The molecule has 0 unspecified atom stereocenters. The second-order valence-corrected chi connectivity index (χ2v) is 5.22. The minimum absolute atomic E-state index is 0.0291. The van der Waals surface area contributed by atoms with E-state index >= 15 is 0 Å². The molecular formula is C14H26N2O2. The van der Waals surface area contributed by atoms with Crippen molar-refractivity contribution in [2.75, 3.05) is 13.1 Å². The van der Waals surface area contributed by atoms with Crippen molar-refractivity contribution in [3.8, 4) is 0 Å². The molecule has 4 nitrogen and oxygen atoms in total. The Hall–Kier alpha value is -1.06. The highest BCUT2D eigenvalue weighted by Crippen LogP contribution is 2.18. The molecule has 1 aliphatic heterocycles. The summed E-state index contributed by atoms with van der Waals surface area (Å²) in [6.07, 6.45) is 7.99. The first-order chi connectivity index (χ1) is 8.65. The maximum absolute atomic E-state index is 11.9. The highest BCUT2D eigenvalue weighted by molar-refractivity contribution is 5.78. The molecule has 1 heterocycles. The summed E-state index contributed by atoms with van der Waals surface area (Å²) in [5.74, 6) is -0.00492. The molecule has 18 heavy (non-hydrogen) atoms. The SMILES string of the molecule is CCCCCCCC(=O)N1CCC(C(N)=O)CC1. The van der Waals surface area contributed by atoms with Crippen LogP contribution in [0.15, 0.2) is 0 Å². The van der Waals surface area contributed by atoms with Crippen molar-refractivity contribution in [2.24, 2.45) is 11.7 Å². The van der Waals surface area contributed by atoms with Gasteiger partial charge in [0, 0.05) is 25.4 Å². The van der Waals surface area contributed by atoms with Crippen molar-refractivity contribution in [1.29, 1.82) is 0 Å². The van der Waals surface area contributed by atoms with Crippen LogP contribution in [0.2, 0.25) is 0 Å². The Balaban J connectivity index is 2.14. The Labute approximate surface area is 110 Å². The number of amides is 2. The fraction of sp³-hybridized carbons (Fsp3) is 0.857. The zero-order valence-electron chi connectivity index (χ0n) is 11.5. The fourth-order valence-corrected chi connectivity index (χ4v) is 2.45. The van der Waals surface area contributed by atoms with Crippen LogP contribution in [0.1, 0.15) is 58.3 Å². The quantitative estimate of drug-likeness (QED) is 0.707. The van der Waals surface area contributed by atoms with Crippen molar-refractivity contribution in [3.63, 3.8) is 0 Å². The number of hydrogen-bond donors (Lipinski definition) is 1. The van der Waals surface area contributed by atoms with Crippen LogP contribution in [-0.2, 0) is 9.59 Å². The van der Waals surface area contributed by atoms with Crippen molar-refractivity contribution in [3.05, 3.63) is 0 Å². The maximum Gasteiger partial charge on any atom is 0.222 e. The van der Waals surface area contributed by atoms with Gasteiger partial charge >= 0.3 is 0 Å². The molecule has 0 aromatic carbocycles. The summed E-state index contributed by atoms with van der Waals surface area (Å²) >= 11 is 0. The Morgan fingerprint density at radius 2 is 1.72 bits per heavy atom. The second kappa shape index (κ2) is 8.11. The van der Waals surface area contributed by atoms with E-state index in [1.165, 1.54) is 19.3 Å². The van der Waals surface area contributed by atoms with Gasteiger partial charge in [0.1, 0.15) is 0 Å². The van der Waals surface area contributed by atoms with E-state index in [-0.39, 0.29) is 17.7 Å². The number of nitrogens with zero attached hydrogens (tertiary/aromatic N) is 1. The van der Waals surface area contributed by atoms with Crippen molar-refractivity contribution < 1.29 is 9.59 Å². The van der Waals surface area contributed by atoms with Gasteiger partial charge in [0.15, 0.2) is 0 Å². The van der Waals surface area contributed by atoms with Crippen LogP contribution in [-0.4, -0.2) is 29.8 Å². The molecule has 104 valence electrons. The van der Waals surface area contributed by atoms with E-state index in [4.69, 9.17) is 5.73 Å². The normalized spacial score (nSPS) is 16.8. The molecule has 0 aliphatic carbocycles. The molecule has 0 bridgehead atoms. The van der Waals surface area contributed by atoms with E-state index in [1.807, 2.05) is 4.90 Å². The first kappa shape index (κ1) is 15.0. The predicted octanol–water partition coefficient (Wildman–Crippen LogP) is 2.07. The van der Waals surface area contributed by atoms with Crippen molar-refractivity contribution >= 4 is 11.8 Å². The summed E-state index contributed by atoms with van der Waals surface area (Å²) in [5, 5.41) is 0. The van der Waals surface area contributed by atoms with Gasteiger partial charge in [-0.1, -0.05) is 32.6 Å². The van der Waals surface area contributed by atoms with Crippen LogP contribution in [0.5, 0.6) is 0 Å². The number of primary amides is 1. The van der Waals surface area contributed by atoms with Gasteiger partial charge in [-0.25, -0.2) is 0 Å². The Morgan fingerprint density at radius 3 is 2.28 bits per heavy atom. The van der Waals surface area contributed by atoms with Crippen LogP contribution < -0.4 is 5.73 Å². The lowest BCUT2D eigenvalue weighted by molar-refractivity contribution is -0.135. The zero-order chi connectivity index (χ0) is 13.4. The van der Waals surface area contributed by atoms with Gasteiger partial charge in [0.05, 0.1) is 0 Å². The minimum Gasteiger partial charge on any atom is -0.369 e. The van der Waals surface area contributed by atoms with Gasteiger partial charge in [-0.3, -0.25) is 9.59 Å². The Bertz CT molecular complexity index is 271. The Morgan fingerprint density at radius 1 is 1.11 bits per heavy atom. The molecule has 1 saturated heterocycles. The van der Waals surface area contributed by atoms with Crippen LogP contribution >= 0.6 is 0 Å². The molecule has 0 radical (unpaired) electrons. The Kier molecular flexibility index (Phi) is 6.76. The van der Waals surface area contributed by atoms with E-state index in [9.17, 15) is 9.59 Å². The van der Waals surface area contributed by atoms with E-state index in [0.29, 0.717) is 19.5 Å².